The van der Waals surface area contributed by atoms with Crippen LogP contribution in [0.3, 0.4) is 0 Å². The van der Waals surface area contributed by atoms with Crippen molar-refractivity contribution in [3.63, 3.8) is 0 Å². The first-order chi connectivity index (χ1) is 7.94. The van der Waals surface area contributed by atoms with E-state index in [1.54, 1.807) is 12.1 Å². The molecule has 1 heterocycles. The Morgan fingerprint density at radius 3 is 2.41 bits per heavy atom. The molecular weight excluding hydrogens is 233 g/mol. The Morgan fingerprint density at radius 2 is 1.82 bits per heavy atom. The number of aromatic nitrogens is 2. The summed E-state index contributed by atoms with van der Waals surface area (Å²) < 4.78 is 40.8. The number of rotatable bonds is 2. The largest absolute Gasteiger partial charge is 0.397 e. The molecule has 0 N–H and O–H groups in total. The van der Waals surface area contributed by atoms with Crippen molar-refractivity contribution < 1.29 is 17.7 Å². The van der Waals surface area contributed by atoms with Gasteiger partial charge < -0.3 is 4.52 Å². The van der Waals surface area contributed by atoms with E-state index < -0.39 is 18.5 Å². The van der Waals surface area contributed by atoms with E-state index in [1.807, 2.05) is 19.1 Å². The molecule has 0 saturated carbocycles. The standard InChI is InChI=1S/C11H9F3N2O/c1-7-2-4-8(5-3-7)10-15-9(17-16-10)6-11(12,13)14/h2-5H,6H2,1H3. The Hall–Kier alpha value is -1.85. The van der Waals surface area contributed by atoms with Gasteiger partial charge in [0, 0.05) is 5.56 Å². The topological polar surface area (TPSA) is 38.9 Å². The summed E-state index contributed by atoms with van der Waals surface area (Å²) in [6.45, 7) is 1.91. The van der Waals surface area contributed by atoms with Crippen LogP contribution in [0.2, 0.25) is 0 Å². The summed E-state index contributed by atoms with van der Waals surface area (Å²) in [6, 6.07) is 7.12. The fourth-order valence-corrected chi connectivity index (χ4v) is 1.32. The zero-order chi connectivity index (χ0) is 12.5. The summed E-state index contributed by atoms with van der Waals surface area (Å²) >= 11 is 0. The molecule has 0 aliphatic heterocycles. The minimum atomic E-state index is -4.34. The van der Waals surface area contributed by atoms with Crippen LogP contribution in [0.4, 0.5) is 13.2 Å². The molecular formula is C11H9F3N2O. The second kappa shape index (κ2) is 4.20. The molecule has 0 saturated heterocycles. The fraction of sp³-hybridized carbons (Fsp3) is 0.273. The lowest BCUT2D eigenvalue weighted by Crippen LogP contribution is -2.11. The van der Waals surface area contributed by atoms with Crippen LogP contribution in [-0.4, -0.2) is 16.3 Å². The second-order valence-electron chi connectivity index (χ2n) is 3.67. The molecule has 17 heavy (non-hydrogen) atoms. The van der Waals surface area contributed by atoms with Crippen molar-refractivity contribution >= 4 is 0 Å². The molecule has 0 aliphatic carbocycles. The van der Waals surface area contributed by atoms with E-state index in [1.165, 1.54) is 0 Å². The van der Waals surface area contributed by atoms with E-state index in [-0.39, 0.29) is 5.82 Å². The molecule has 0 bridgehead atoms. The van der Waals surface area contributed by atoms with E-state index in [2.05, 4.69) is 14.7 Å². The van der Waals surface area contributed by atoms with Gasteiger partial charge in [-0.15, -0.1) is 0 Å². The van der Waals surface area contributed by atoms with E-state index in [9.17, 15) is 13.2 Å². The van der Waals surface area contributed by atoms with E-state index in [0.717, 1.165) is 5.56 Å². The van der Waals surface area contributed by atoms with Gasteiger partial charge in [-0.05, 0) is 6.92 Å². The average molecular weight is 242 g/mol. The van der Waals surface area contributed by atoms with Gasteiger partial charge in [0.05, 0.1) is 0 Å². The van der Waals surface area contributed by atoms with Gasteiger partial charge in [-0.3, -0.25) is 0 Å². The summed E-state index contributed by atoms with van der Waals surface area (Å²) in [5.74, 6) is -0.252. The van der Waals surface area contributed by atoms with Gasteiger partial charge in [-0.1, -0.05) is 35.0 Å². The SMILES string of the molecule is Cc1ccc(-c2noc(CC(F)(F)F)n2)cc1. The highest BCUT2D eigenvalue weighted by Crippen LogP contribution is 2.22. The van der Waals surface area contributed by atoms with Crippen LogP contribution >= 0.6 is 0 Å². The van der Waals surface area contributed by atoms with Crippen molar-refractivity contribution in [3.8, 4) is 11.4 Å². The maximum absolute atomic E-state index is 12.1. The molecule has 0 fully saturated rings. The zero-order valence-corrected chi connectivity index (χ0v) is 8.95. The highest BCUT2D eigenvalue weighted by Gasteiger charge is 2.31. The molecule has 2 rings (SSSR count). The monoisotopic (exact) mass is 242 g/mol. The summed E-state index contributed by atoms with van der Waals surface area (Å²) in [7, 11) is 0. The first kappa shape index (κ1) is 11.6. The molecule has 0 amide bonds. The molecule has 0 aliphatic rings. The predicted octanol–water partition coefficient (Wildman–Crippen LogP) is 3.15. The summed E-state index contributed by atoms with van der Waals surface area (Å²) in [4.78, 5) is 3.70. The average Bonchev–Trinajstić information content (AvgIpc) is 2.64. The van der Waals surface area contributed by atoms with Crippen LogP contribution in [0.15, 0.2) is 28.8 Å². The van der Waals surface area contributed by atoms with Crippen molar-refractivity contribution in [1.82, 2.24) is 10.1 Å². The van der Waals surface area contributed by atoms with Crippen molar-refractivity contribution in [1.29, 1.82) is 0 Å². The molecule has 1 aromatic carbocycles. The number of benzene rings is 1. The summed E-state index contributed by atoms with van der Waals surface area (Å²) in [6.07, 6.45) is -5.54. The van der Waals surface area contributed by atoms with E-state index >= 15 is 0 Å². The molecule has 0 radical (unpaired) electrons. The fourth-order valence-electron chi connectivity index (χ4n) is 1.32. The smallest absolute Gasteiger partial charge is 0.339 e. The van der Waals surface area contributed by atoms with Crippen molar-refractivity contribution in [2.75, 3.05) is 0 Å². The third kappa shape index (κ3) is 3.05. The third-order valence-electron chi connectivity index (χ3n) is 2.13. The Labute approximate surface area is 95.3 Å². The van der Waals surface area contributed by atoms with Crippen LogP contribution in [-0.2, 0) is 6.42 Å². The van der Waals surface area contributed by atoms with E-state index in [0.29, 0.717) is 5.56 Å². The quantitative estimate of drug-likeness (QED) is 0.812. The normalized spacial score (nSPS) is 11.8. The maximum Gasteiger partial charge on any atom is 0.397 e. The maximum atomic E-state index is 12.1. The van der Waals surface area contributed by atoms with Crippen LogP contribution in [0, 0.1) is 6.92 Å². The lowest BCUT2D eigenvalue weighted by atomic mass is 10.1. The van der Waals surface area contributed by atoms with Crippen LogP contribution in [0.1, 0.15) is 11.5 Å². The minimum Gasteiger partial charge on any atom is -0.339 e. The molecule has 0 unspecified atom stereocenters. The van der Waals surface area contributed by atoms with E-state index in [4.69, 9.17) is 0 Å². The van der Waals surface area contributed by atoms with Gasteiger partial charge in [0.1, 0.15) is 6.42 Å². The molecule has 6 heteroatoms. The Morgan fingerprint density at radius 1 is 1.18 bits per heavy atom. The molecule has 1 aromatic heterocycles. The van der Waals surface area contributed by atoms with Gasteiger partial charge in [-0.2, -0.15) is 18.2 Å². The minimum absolute atomic E-state index is 0.171. The number of alkyl halides is 3. The number of hydrogen-bond donors (Lipinski definition) is 0. The van der Waals surface area contributed by atoms with Gasteiger partial charge in [0.25, 0.3) is 0 Å². The highest BCUT2D eigenvalue weighted by molar-refractivity contribution is 5.54. The van der Waals surface area contributed by atoms with Crippen molar-refractivity contribution in [3.05, 3.63) is 35.7 Å². The Balaban J connectivity index is 2.21. The zero-order valence-electron chi connectivity index (χ0n) is 8.95. The number of aryl methyl sites for hydroxylation is 1. The van der Waals surface area contributed by atoms with Crippen LogP contribution < -0.4 is 0 Å². The van der Waals surface area contributed by atoms with Gasteiger partial charge in [0.2, 0.25) is 11.7 Å². The summed E-state index contributed by atoms with van der Waals surface area (Å²) in [5.41, 5.74) is 1.68. The van der Waals surface area contributed by atoms with Crippen LogP contribution in [0.25, 0.3) is 11.4 Å². The highest BCUT2D eigenvalue weighted by atomic mass is 19.4. The summed E-state index contributed by atoms with van der Waals surface area (Å²) in [5, 5.41) is 3.51. The lowest BCUT2D eigenvalue weighted by molar-refractivity contribution is -0.131. The second-order valence-corrected chi connectivity index (χ2v) is 3.67. The number of hydrogen-bond acceptors (Lipinski definition) is 3. The first-order valence-electron chi connectivity index (χ1n) is 4.90. The first-order valence-corrected chi connectivity index (χ1v) is 4.90. The van der Waals surface area contributed by atoms with Crippen molar-refractivity contribution in [2.45, 2.75) is 19.5 Å². The predicted molar refractivity (Wildman–Crippen MR) is 54.2 cm³/mol. The van der Waals surface area contributed by atoms with Gasteiger partial charge >= 0.3 is 6.18 Å². The molecule has 3 nitrogen and oxygen atoms in total. The third-order valence-corrected chi connectivity index (χ3v) is 2.13. The number of halogens is 3. The Bertz CT molecular complexity index is 502. The van der Waals surface area contributed by atoms with Gasteiger partial charge in [0.15, 0.2) is 0 Å². The van der Waals surface area contributed by atoms with Crippen molar-refractivity contribution in [2.24, 2.45) is 0 Å². The molecule has 0 spiro atoms. The number of nitrogens with zero attached hydrogens (tertiary/aromatic N) is 2. The Kier molecular flexibility index (Phi) is 2.87. The van der Waals surface area contributed by atoms with Gasteiger partial charge in [-0.25, -0.2) is 0 Å². The molecule has 90 valence electrons. The molecule has 2 aromatic rings. The molecule has 0 atom stereocenters. The van der Waals surface area contributed by atoms with Crippen LogP contribution in [0.5, 0.6) is 0 Å². The lowest BCUT2D eigenvalue weighted by Gasteiger charge is -1.99.